The fourth-order valence-electron chi connectivity index (χ4n) is 1.94. The Hall–Kier alpha value is -0.220. The first kappa shape index (κ1) is 16.8. The van der Waals surface area contributed by atoms with E-state index in [1.165, 1.54) is 0 Å². The molecule has 3 nitrogen and oxygen atoms in total. The fourth-order valence-corrected chi connectivity index (χ4v) is 2.56. The minimum absolute atomic E-state index is 0.0145. The topological polar surface area (TPSA) is 49.3 Å². The van der Waals surface area contributed by atoms with E-state index in [2.05, 4.69) is 26.1 Å². The molecule has 17 heavy (non-hydrogen) atoms. The van der Waals surface area contributed by atoms with Crippen molar-refractivity contribution in [2.75, 3.05) is 12.9 Å². The maximum atomic E-state index is 12.1. The highest BCUT2D eigenvalue weighted by Crippen LogP contribution is 2.18. The van der Waals surface area contributed by atoms with E-state index < -0.39 is 0 Å². The Morgan fingerprint density at radius 2 is 1.94 bits per heavy atom. The molecule has 2 N–H and O–H groups in total. The average molecular weight is 261 g/mol. The molecule has 0 rings (SSSR count). The lowest BCUT2D eigenvalue weighted by Crippen LogP contribution is -2.44. The third-order valence-electron chi connectivity index (χ3n) is 3.15. The lowest BCUT2D eigenvalue weighted by Gasteiger charge is -2.26. The number of aliphatic hydroxyl groups is 1. The van der Waals surface area contributed by atoms with Crippen LogP contribution in [-0.4, -0.2) is 35.2 Å². The zero-order chi connectivity index (χ0) is 13.4. The van der Waals surface area contributed by atoms with Crippen LogP contribution in [0.1, 0.15) is 40.5 Å². The second-order valence-electron chi connectivity index (χ2n) is 4.89. The van der Waals surface area contributed by atoms with Crippen molar-refractivity contribution >= 4 is 17.7 Å². The van der Waals surface area contributed by atoms with E-state index in [4.69, 9.17) is 0 Å². The summed E-state index contributed by atoms with van der Waals surface area (Å²) < 4.78 is 0. The number of carbonyl (C=O) groups excluding carboxylic acids is 1. The maximum Gasteiger partial charge on any atom is 0.223 e. The summed E-state index contributed by atoms with van der Waals surface area (Å²) >= 11 is 1.59. The molecule has 0 radical (unpaired) electrons. The van der Waals surface area contributed by atoms with Gasteiger partial charge in [0.1, 0.15) is 0 Å². The molecule has 0 fully saturated rings. The third kappa shape index (κ3) is 5.77. The smallest absolute Gasteiger partial charge is 0.223 e. The highest BCUT2D eigenvalue weighted by Gasteiger charge is 2.24. The van der Waals surface area contributed by atoms with E-state index in [1.807, 2.05) is 13.2 Å². The molecule has 0 aliphatic heterocycles. The van der Waals surface area contributed by atoms with Gasteiger partial charge in [-0.25, -0.2) is 0 Å². The number of carbonyl (C=O) groups is 1. The Morgan fingerprint density at radius 1 is 1.35 bits per heavy atom. The van der Waals surface area contributed by atoms with Gasteiger partial charge in [-0.3, -0.25) is 4.79 Å². The highest BCUT2D eigenvalue weighted by molar-refractivity contribution is 7.99. The number of thioether (sulfide) groups is 1. The Labute approximate surface area is 110 Å². The molecule has 102 valence electrons. The van der Waals surface area contributed by atoms with Gasteiger partial charge in [0.05, 0.1) is 6.61 Å². The number of hydrogen-bond donors (Lipinski definition) is 2. The normalized spacial score (nSPS) is 16.6. The van der Waals surface area contributed by atoms with Crippen molar-refractivity contribution < 1.29 is 9.90 Å². The molecule has 1 amide bonds. The zero-order valence-corrected chi connectivity index (χ0v) is 12.5. The van der Waals surface area contributed by atoms with E-state index in [0.29, 0.717) is 5.92 Å². The van der Waals surface area contributed by atoms with Crippen molar-refractivity contribution in [3.05, 3.63) is 0 Å². The number of hydrogen-bond acceptors (Lipinski definition) is 3. The number of aliphatic hydroxyl groups excluding tert-OH is 1. The van der Waals surface area contributed by atoms with Crippen LogP contribution in [0.5, 0.6) is 0 Å². The van der Waals surface area contributed by atoms with E-state index in [-0.39, 0.29) is 29.7 Å². The molecule has 0 aliphatic rings. The second kappa shape index (κ2) is 8.81. The molecule has 0 aliphatic carbocycles. The first-order chi connectivity index (χ1) is 7.97. The van der Waals surface area contributed by atoms with Gasteiger partial charge in [-0.1, -0.05) is 27.2 Å². The van der Waals surface area contributed by atoms with Gasteiger partial charge in [0.2, 0.25) is 5.91 Å². The lowest BCUT2D eigenvalue weighted by atomic mass is 9.90. The molecule has 0 aromatic carbocycles. The first-order valence-electron chi connectivity index (χ1n) is 6.41. The molecule has 0 saturated heterocycles. The first-order valence-corrected chi connectivity index (χ1v) is 7.70. The van der Waals surface area contributed by atoms with Gasteiger partial charge in [0.15, 0.2) is 0 Å². The van der Waals surface area contributed by atoms with Crippen molar-refractivity contribution in [1.29, 1.82) is 0 Å². The monoisotopic (exact) mass is 261 g/mol. The summed E-state index contributed by atoms with van der Waals surface area (Å²) in [5.74, 6) is 0.578. The molecule has 0 bridgehead atoms. The SMILES string of the molecule is CCCC(C(=O)NC(C)C(CO)SC)C(C)C. The molecule has 0 saturated carbocycles. The average Bonchev–Trinajstić information content (AvgIpc) is 2.26. The highest BCUT2D eigenvalue weighted by atomic mass is 32.2. The summed E-state index contributed by atoms with van der Waals surface area (Å²) in [7, 11) is 0. The van der Waals surface area contributed by atoms with Crippen molar-refractivity contribution in [2.45, 2.75) is 51.8 Å². The Kier molecular flexibility index (Phi) is 8.70. The maximum absolute atomic E-state index is 12.1. The van der Waals surface area contributed by atoms with Crippen molar-refractivity contribution in [2.24, 2.45) is 11.8 Å². The molecule has 4 heteroatoms. The van der Waals surface area contributed by atoms with Crippen LogP contribution in [-0.2, 0) is 4.79 Å². The van der Waals surface area contributed by atoms with Crippen LogP contribution in [0.2, 0.25) is 0 Å². The van der Waals surface area contributed by atoms with Gasteiger partial charge in [-0.05, 0) is 25.5 Å². The molecule has 0 aromatic heterocycles. The van der Waals surface area contributed by atoms with Crippen LogP contribution in [0.4, 0.5) is 0 Å². The number of rotatable bonds is 8. The number of amides is 1. The number of nitrogens with one attached hydrogen (secondary N) is 1. The van der Waals surface area contributed by atoms with Crippen LogP contribution < -0.4 is 5.32 Å². The van der Waals surface area contributed by atoms with Crippen LogP contribution >= 0.6 is 11.8 Å². The molecule has 3 atom stereocenters. The van der Waals surface area contributed by atoms with E-state index in [1.54, 1.807) is 11.8 Å². The van der Waals surface area contributed by atoms with Crippen molar-refractivity contribution in [3.63, 3.8) is 0 Å². The Bertz CT molecular complexity index is 217. The summed E-state index contributed by atoms with van der Waals surface area (Å²) in [5, 5.41) is 12.3. The lowest BCUT2D eigenvalue weighted by molar-refractivity contribution is -0.127. The second-order valence-corrected chi connectivity index (χ2v) is 5.97. The van der Waals surface area contributed by atoms with E-state index >= 15 is 0 Å². The van der Waals surface area contributed by atoms with E-state index in [0.717, 1.165) is 12.8 Å². The van der Waals surface area contributed by atoms with E-state index in [9.17, 15) is 9.90 Å². The van der Waals surface area contributed by atoms with Crippen LogP contribution in [0.25, 0.3) is 0 Å². The largest absolute Gasteiger partial charge is 0.395 e. The van der Waals surface area contributed by atoms with Crippen molar-refractivity contribution in [1.82, 2.24) is 5.32 Å². The van der Waals surface area contributed by atoms with Gasteiger partial charge in [0, 0.05) is 17.2 Å². The van der Waals surface area contributed by atoms with Gasteiger partial charge >= 0.3 is 0 Å². The third-order valence-corrected chi connectivity index (χ3v) is 4.31. The summed E-state index contributed by atoms with van der Waals surface area (Å²) in [6, 6.07) is 0.0145. The molecule has 0 aromatic rings. The minimum atomic E-state index is 0.0145. The fraction of sp³-hybridized carbons (Fsp3) is 0.923. The summed E-state index contributed by atoms with van der Waals surface area (Å²) in [6.07, 6.45) is 3.91. The Balaban J connectivity index is 4.38. The molecule has 3 unspecified atom stereocenters. The predicted octanol–water partition coefficient (Wildman–Crippen LogP) is 2.29. The molecule has 0 spiro atoms. The van der Waals surface area contributed by atoms with Gasteiger partial charge in [0.25, 0.3) is 0 Å². The summed E-state index contributed by atoms with van der Waals surface area (Å²) in [6.45, 7) is 8.33. The van der Waals surface area contributed by atoms with Crippen LogP contribution in [0.3, 0.4) is 0 Å². The quantitative estimate of drug-likeness (QED) is 0.705. The molecular weight excluding hydrogens is 234 g/mol. The molecule has 0 heterocycles. The van der Waals surface area contributed by atoms with Gasteiger partial charge in [-0.15, -0.1) is 0 Å². The Morgan fingerprint density at radius 3 is 2.29 bits per heavy atom. The van der Waals surface area contributed by atoms with Crippen molar-refractivity contribution in [3.8, 4) is 0 Å². The summed E-state index contributed by atoms with van der Waals surface area (Å²) in [5.41, 5.74) is 0. The van der Waals surface area contributed by atoms with Crippen LogP contribution in [0, 0.1) is 11.8 Å². The molecular formula is C13H27NO2S. The van der Waals surface area contributed by atoms with Gasteiger partial charge < -0.3 is 10.4 Å². The minimum Gasteiger partial charge on any atom is -0.395 e. The standard InChI is InChI=1S/C13H27NO2S/c1-6-7-11(9(2)3)13(16)14-10(4)12(8-15)17-5/h9-12,15H,6-8H2,1-5H3,(H,14,16). The van der Waals surface area contributed by atoms with Crippen LogP contribution in [0.15, 0.2) is 0 Å². The van der Waals surface area contributed by atoms with Gasteiger partial charge in [-0.2, -0.15) is 11.8 Å². The predicted molar refractivity (Wildman–Crippen MR) is 75.2 cm³/mol. The zero-order valence-electron chi connectivity index (χ0n) is 11.7. The summed E-state index contributed by atoms with van der Waals surface area (Å²) in [4.78, 5) is 12.1.